The molecule has 8 heteroatoms. The summed E-state index contributed by atoms with van der Waals surface area (Å²) in [6, 6.07) is 8.61. The number of benzene rings is 2. The number of sulfone groups is 1. The van der Waals surface area contributed by atoms with Crippen LogP contribution in [0.2, 0.25) is 0 Å². The number of nitrogens with one attached hydrogen (secondary N) is 2. The molecular weight excluding hydrogens is 382 g/mol. The van der Waals surface area contributed by atoms with Crippen molar-refractivity contribution in [2.45, 2.75) is 35.5 Å². The van der Waals surface area contributed by atoms with Gasteiger partial charge in [-0.25, -0.2) is 17.4 Å². The molecular formula is C19H21N3O3S2. The van der Waals surface area contributed by atoms with Crippen molar-refractivity contribution < 1.29 is 12.6 Å². The lowest BCUT2D eigenvalue weighted by Gasteiger charge is -2.14. The van der Waals surface area contributed by atoms with Crippen LogP contribution in [-0.2, 0) is 19.6 Å². The number of hydrogen-bond acceptors (Lipinski definition) is 5. The molecule has 0 radical (unpaired) electrons. The summed E-state index contributed by atoms with van der Waals surface area (Å²) >= 11 is 0. The Kier molecular flexibility index (Phi) is 3.98. The van der Waals surface area contributed by atoms with Gasteiger partial charge >= 0.3 is 0 Å². The Bertz CT molecular complexity index is 1290. The summed E-state index contributed by atoms with van der Waals surface area (Å²) in [5.41, 5.74) is 3.88. The predicted molar refractivity (Wildman–Crippen MR) is 106 cm³/mol. The van der Waals surface area contributed by atoms with Crippen molar-refractivity contribution in [1.82, 2.24) is 10.2 Å². The second-order valence-corrected chi connectivity index (χ2v) is 11.5. The van der Waals surface area contributed by atoms with E-state index in [1.54, 1.807) is 37.3 Å². The summed E-state index contributed by atoms with van der Waals surface area (Å²) in [5, 5.41) is 8.40. The molecule has 1 aromatic heterocycles. The van der Waals surface area contributed by atoms with Crippen LogP contribution in [0.3, 0.4) is 0 Å². The largest absolute Gasteiger partial charge is 0.281 e. The van der Waals surface area contributed by atoms with Gasteiger partial charge in [-0.3, -0.25) is 5.10 Å². The van der Waals surface area contributed by atoms with Crippen molar-refractivity contribution >= 4 is 30.5 Å². The monoisotopic (exact) mass is 403 g/mol. The van der Waals surface area contributed by atoms with Gasteiger partial charge in [0.1, 0.15) is 0 Å². The number of aromatic amines is 1. The molecule has 142 valence electrons. The summed E-state index contributed by atoms with van der Waals surface area (Å²) < 4.78 is 44.8. The molecule has 0 saturated heterocycles. The van der Waals surface area contributed by atoms with Gasteiger partial charge in [0, 0.05) is 35.1 Å². The van der Waals surface area contributed by atoms with Crippen LogP contribution in [0.15, 0.2) is 40.1 Å². The Morgan fingerprint density at radius 2 is 1.74 bits per heavy atom. The molecule has 0 spiro atoms. The SMILES string of the molecule is Cc1cc(-c2c(S(C)(=N)=O)ccc3n[nH]c(C4CC4)c23)ccc1S(C)(=O)=O. The van der Waals surface area contributed by atoms with Crippen molar-refractivity contribution in [3.05, 3.63) is 41.6 Å². The number of fused-ring (bicyclic) bond motifs is 1. The average Bonchev–Trinajstić information content (AvgIpc) is 3.30. The van der Waals surface area contributed by atoms with Gasteiger partial charge in [0.2, 0.25) is 0 Å². The van der Waals surface area contributed by atoms with Gasteiger partial charge in [-0.15, -0.1) is 0 Å². The highest BCUT2D eigenvalue weighted by atomic mass is 32.2. The van der Waals surface area contributed by atoms with E-state index < -0.39 is 19.6 Å². The number of rotatable bonds is 4. The van der Waals surface area contributed by atoms with Crippen LogP contribution in [0.1, 0.15) is 30.0 Å². The van der Waals surface area contributed by atoms with Crippen molar-refractivity contribution in [3.8, 4) is 11.1 Å². The zero-order valence-electron chi connectivity index (χ0n) is 15.4. The minimum atomic E-state index is -3.33. The Labute approximate surface area is 158 Å². The molecule has 1 atom stereocenters. The van der Waals surface area contributed by atoms with Crippen molar-refractivity contribution in [3.63, 3.8) is 0 Å². The molecule has 1 saturated carbocycles. The highest BCUT2D eigenvalue weighted by Gasteiger charge is 2.30. The Morgan fingerprint density at radius 1 is 1.07 bits per heavy atom. The third kappa shape index (κ3) is 3.17. The van der Waals surface area contributed by atoms with Crippen molar-refractivity contribution in [1.29, 1.82) is 4.78 Å². The Hall–Kier alpha value is -2.19. The average molecular weight is 404 g/mol. The summed E-state index contributed by atoms with van der Waals surface area (Å²) in [6.07, 6.45) is 4.75. The molecule has 1 aliphatic rings. The standard InChI is InChI=1S/C19H21N3O3S2/c1-11-10-13(6-8-15(11)27(3,24)25)17-16(26(2,20)23)9-7-14-18(17)19(22-21-14)12-4-5-12/h6-10,12,20H,4-5H2,1-3H3,(H,21,22). The van der Waals surface area contributed by atoms with E-state index >= 15 is 0 Å². The number of aromatic nitrogens is 2. The quantitative estimate of drug-likeness (QED) is 0.690. The molecule has 0 aliphatic heterocycles. The number of aryl methyl sites for hydroxylation is 1. The molecule has 3 aromatic rings. The maximum absolute atomic E-state index is 12.7. The van der Waals surface area contributed by atoms with Crippen LogP contribution in [0.25, 0.3) is 22.0 Å². The normalized spacial score (nSPS) is 17.1. The van der Waals surface area contributed by atoms with Gasteiger partial charge in [-0.2, -0.15) is 5.10 Å². The molecule has 4 rings (SSSR count). The van der Waals surface area contributed by atoms with E-state index in [0.29, 0.717) is 21.9 Å². The smallest absolute Gasteiger partial charge is 0.175 e. The molecule has 1 unspecified atom stereocenters. The molecule has 0 amide bonds. The third-order valence-electron chi connectivity index (χ3n) is 4.98. The highest BCUT2D eigenvalue weighted by Crippen LogP contribution is 2.46. The fourth-order valence-corrected chi connectivity index (χ4v) is 5.51. The van der Waals surface area contributed by atoms with Crippen LogP contribution < -0.4 is 0 Å². The Balaban J connectivity index is 2.08. The van der Waals surface area contributed by atoms with Crippen molar-refractivity contribution in [2.75, 3.05) is 12.5 Å². The minimum absolute atomic E-state index is 0.276. The second-order valence-electron chi connectivity index (χ2n) is 7.34. The lowest BCUT2D eigenvalue weighted by atomic mass is 9.97. The van der Waals surface area contributed by atoms with Crippen LogP contribution >= 0.6 is 0 Å². The molecule has 1 fully saturated rings. The first-order valence-corrected chi connectivity index (χ1v) is 12.5. The van der Waals surface area contributed by atoms with E-state index in [0.717, 1.165) is 35.0 Å². The summed E-state index contributed by atoms with van der Waals surface area (Å²) in [5.74, 6) is 0.402. The first-order chi connectivity index (χ1) is 12.6. The van der Waals surface area contributed by atoms with Crippen LogP contribution in [0, 0.1) is 11.7 Å². The van der Waals surface area contributed by atoms with E-state index in [-0.39, 0.29) is 4.90 Å². The molecule has 2 aromatic carbocycles. The minimum Gasteiger partial charge on any atom is -0.281 e. The molecule has 2 N–H and O–H groups in total. The molecule has 0 bridgehead atoms. The van der Waals surface area contributed by atoms with Crippen LogP contribution in [0.5, 0.6) is 0 Å². The van der Waals surface area contributed by atoms with E-state index in [2.05, 4.69) is 10.2 Å². The molecule has 27 heavy (non-hydrogen) atoms. The highest BCUT2D eigenvalue weighted by molar-refractivity contribution is 7.92. The van der Waals surface area contributed by atoms with E-state index in [9.17, 15) is 12.6 Å². The van der Waals surface area contributed by atoms with Crippen molar-refractivity contribution in [2.24, 2.45) is 0 Å². The number of nitrogens with zero attached hydrogens (tertiary/aromatic N) is 1. The van der Waals surface area contributed by atoms with Gasteiger partial charge in [0.25, 0.3) is 0 Å². The lowest BCUT2D eigenvalue weighted by molar-refractivity contribution is 0.601. The fourth-order valence-electron chi connectivity index (χ4n) is 3.61. The van der Waals surface area contributed by atoms with E-state index in [1.807, 2.05) is 0 Å². The first-order valence-electron chi connectivity index (χ1n) is 8.63. The molecule has 1 heterocycles. The van der Waals surface area contributed by atoms with Gasteiger partial charge in [0.05, 0.1) is 25.0 Å². The molecule has 6 nitrogen and oxygen atoms in total. The second kappa shape index (κ2) is 5.90. The summed E-state index contributed by atoms with van der Waals surface area (Å²) in [6.45, 7) is 1.75. The van der Waals surface area contributed by atoms with E-state index in [1.165, 1.54) is 12.5 Å². The van der Waals surface area contributed by atoms with E-state index in [4.69, 9.17) is 4.78 Å². The van der Waals surface area contributed by atoms with Gasteiger partial charge in [-0.1, -0.05) is 12.1 Å². The maximum Gasteiger partial charge on any atom is 0.175 e. The summed E-state index contributed by atoms with van der Waals surface area (Å²) in [7, 11) is -6.31. The van der Waals surface area contributed by atoms with Crippen LogP contribution in [0.4, 0.5) is 0 Å². The number of hydrogen-bond donors (Lipinski definition) is 2. The van der Waals surface area contributed by atoms with Gasteiger partial charge < -0.3 is 0 Å². The van der Waals surface area contributed by atoms with Gasteiger partial charge in [0.15, 0.2) is 9.84 Å². The number of H-pyrrole nitrogens is 1. The lowest BCUT2D eigenvalue weighted by Crippen LogP contribution is -2.02. The third-order valence-corrected chi connectivity index (χ3v) is 7.42. The zero-order valence-corrected chi connectivity index (χ0v) is 17.0. The van der Waals surface area contributed by atoms with Gasteiger partial charge in [-0.05, 0) is 49.1 Å². The van der Waals surface area contributed by atoms with Crippen LogP contribution in [-0.4, -0.2) is 35.3 Å². The first kappa shape index (κ1) is 18.2. The predicted octanol–water partition coefficient (Wildman–Crippen LogP) is 3.85. The zero-order chi connectivity index (χ0) is 19.6. The maximum atomic E-state index is 12.7. The topological polar surface area (TPSA) is 104 Å². The summed E-state index contributed by atoms with van der Waals surface area (Å²) in [4.78, 5) is 0.725. The Morgan fingerprint density at radius 3 is 2.30 bits per heavy atom. The fraction of sp³-hybridized carbons (Fsp3) is 0.316. The molecule has 1 aliphatic carbocycles.